The van der Waals surface area contributed by atoms with Gasteiger partial charge in [-0.15, -0.1) is 0 Å². The third-order valence-corrected chi connectivity index (χ3v) is 9.38. The average Bonchev–Trinajstić information content (AvgIpc) is 3.02. The van der Waals surface area contributed by atoms with Gasteiger partial charge < -0.3 is 23.7 Å². The van der Waals surface area contributed by atoms with E-state index >= 15 is 0 Å². The van der Waals surface area contributed by atoms with Crippen LogP contribution in [0.15, 0.2) is 83.3 Å². The third kappa shape index (κ3) is 6.98. The fourth-order valence-electron chi connectivity index (χ4n) is 6.98. The van der Waals surface area contributed by atoms with Gasteiger partial charge in [-0.2, -0.15) is 0 Å². The average molecular weight is 671 g/mol. The van der Waals surface area contributed by atoms with E-state index in [0.717, 1.165) is 11.1 Å². The van der Waals surface area contributed by atoms with Crippen molar-refractivity contribution in [2.45, 2.75) is 79.4 Å². The number of hydrogen-bond donors (Lipinski definition) is 0. The number of allylic oxidation sites excluding steroid dienone is 4. The summed E-state index contributed by atoms with van der Waals surface area (Å²) in [5.41, 5.74) is 3.23. The number of carbonyl (C=O) groups is 2. The van der Waals surface area contributed by atoms with E-state index in [1.165, 1.54) is 0 Å². The van der Waals surface area contributed by atoms with Crippen molar-refractivity contribution in [3.05, 3.63) is 105 Å². The quantitative estimate of drug-likeness (QED) is 0.213. The fraction of sp³-hybridized carbons (Fsp3) is 0.400. The first-order valence-corrected chi connectivity index (χ1v) is 16.9. The van der Waals surface area contributed by atoms with Gasteiger partial charge in [0.05, 0.1) is 18.7 Å². The van der Waals surface area contributed by atoms with Gasteiger partial charge in [-0.1, -0.05) is 75.7 Å². The Bertz CT molecular complexity index is 1750. The van der Waals surface area contributed by atoms with E-state index in [-0.39, 0.29) is 29.0 Å². The van der Waals surface area contributed by atoms with Crippen molar-refractivity contribution < 1.29 is 33.3 Å². The predicted molar refractivity (Wildman–Crippen MR) is 185 cm³/mol. The highest BCUT2D eigenvalue weighted by Crippen LogP contribution is 2.54. The number of hydrogen-bond acceptors (Lipinski definition) is 7. The van der Waals surface area contributed by atoms with Crippen LogP contribution in [-0.4, -0.2) is 25.3 Å². The number of Topliss-reactive ketones (excluding diaryl/α,β-unsaturated/α-hetero) is 2. The van der Waals surface area contributed by atoms with Gasteiger partial charge >= 0.3 is 0 Å². The van der Waals surface area contributed by atoms with Gasteiger partial charge in [0.2, 0.25) is 0 Å². The van der Waals surface area contributed by atoms with E-state index in [0.29, 0.717) is 95.1 Å². The molecule has 0 bridgehead atoms. The van der Waals surface area contributed by atoms with Crippen molar-refractivity contribution in [1.29, 1.82) is 0 Å². The topological polar surface area (TPSA) is 80.3 Å². The summed E-state index contributed by atoms with van der Waals surface area (Å²) in [5.74, 6) is 2.76. The summed E-state index contributed by atoms with van der Waals surface area (Å²) in [6.07, 6.45) is 1.98. The zero-order valence-electron chi connectivity index (χ0n) is 28.5. The van der Waals surface area contributed by atoms with E-state index in [2.05, 4.69) is 27.7 Å². The van der Waals surface area contributed by atoms with E-state index in [9.17, 15) is 9.59 Å². The number of ether oxygens (including phenoxy) is 5. The predicted octanol–water partition coefficient (Wildman–Crippen LogP) is 9.31. The number of halogens is 1. The van der Waals surface area contributed by atoms with Crippen LogP contribution in [0, 0.1) is 10.8 Å². The highest BCUT2D eigenvalue weighted by atomic mass is 35.5. The maximum Gasteiger partial charge on any atom is 0.180 e. The second-order valence-corrected chi connectivity index (χ2v) is 14.8. The summed E-state index contributed by atoms with van der Waals surface area (Å²) in [5, 5.41) is 0.327. The molecule has 0 saturated heterocycles. The number of ketones is 2. The Labute approximate surface area is 287 Å². The second-order valence-electron chi connectivity index (χ2n) is 14.4. The molecular weight excluding hydrogens is 628 g/mol. The molecule has 3 aliphatic rings. The molecule has 0 atom stereocenters. The zero-order valence-corrected chi connectivity index (χ0v) is 29.3. The molecule has 8 heteroatoms. The van der Waals surface area contributed by atoms with Crippen LogP contribution in [0.3, 0.4) is 0 Å². The lowest BCUT2D eigenvalue weighted by Crippen LogP contribution is -2.37. The number of carbonyl (C=O) groups excluding carboxylic acids is 2. The summed E-state index contributed by atoms with van der Waals surface area (Å²) < 4.78 is 30.5. The first-order valence-electron chi connectivity index (χ1n) is 16.5. The Morgan fingerprint density at radius 1 is 0.729 bits per heavy atom. The highest BCUT2D eigenvalue weighted by molar-refractivity contribution is 6.32. The molecule has 0 saturated carbocycles. The lowest BCUT2D eigenvalue weighted by atomic mass is 9.65. The molecule has 1 heterocycles. The summed E-state index contributed by atoms with van der Waals surface area (Å²) in [6, 6.07) is 19.2. The summed E-state index contributed by atoms with van der Waals surface area (Å²) in [7, 11) is 1.60. The summed E-state index contributed by atoms with van der Waals surface area (Å²) in [6.45, 7) is 11.2. The molecule has 0 aromatic heterocycles. The van der Waals surface area contributed by atoms with Crippen LogP contribution in [0.25, 0.3) is 0 Å². The Morgan fingerprint density at radius 2 is 1.35 bits per heavy atom. The van der Waals surface area contributed by atoms with E-state index in [4.69, 9.17) is 35.3 Å². The standard InChI is InChI=1S/C40H43ClO7/c1-7-45-32-17-26(35-36-28(42)18-39(2,3)20-33(36)48-34-21-40(4,5)19-29(43)37(34)35)16-27(41)38(32)47-23-25-13-14-30(31(15-25)44-6)46-22-24-11-9-8-10-12-24/h8-17,35H,7,18-23H2,1-6H3. The van der Waals surface area contributed by atoms with Gasteiger partial charge in [0, 0.05) is 42.7 Å². The summed E-state index contributed by atoms with van der Waals surface area (Å²) in [4.78, 5) is 27.5. The second kappa shape index (κ2) is 13.3. The minimum atomic E-state index is -0.589. The number of benzene rings is 3. The van der Waals surface area contributed by atoms with Gasteiger partial charge in [0.25, 0.3) is 0 Å². The Morgan fingerprint density at radius 3 is 1.96 bits per heavy atom. The molecule has 0 spiro atoms. The molecule has 0 amide bonds. The van der Waals surface area contributed by atoms with E-state index in [1.807, 2.05) is 61.5 Å². The lowest BCUT2D eigenvalue weighted by molar-refractivity contribution is -0.120. The molecule has 3 aromatic rings. The van der Waals surface area contributed by atoms with Crippen LogP contribution < -0.4 is 18.9 Å². The van der Waals surface area contributed by atoms with Crippen LogP contribution in [0.1, 0.15) is 82.9 Å². The van der Waals surface area contributed by atoms with E-state index in [1.54, 1.807) is 13.2 Å². The molecule has 48 heavy (non-hydrogen) atoms. The maximum atomic E-state index is 13.8. The summed E-state index contributed by atoms with van der Waals surface area (Å²) >= 11 is 6.97. The molecule has 3 aromatic carbocycles. The van der Waals surface area contributed by atoms with Crippen LogP contribution >= 0.6 is 11.6 Å². The minimum Gasteiger partial charge on any atom is -0.493 e. The van der Waals surface area contributed by atoms with Gasteiger partial charge in [0.1, 0.15) is 24.7 Å². The van der Waals surface area contributed by atoms with Gasteiger partial charge in [-0.25, -0.2) is 0 Å². The van der Waals surface area contributed by atoms with E-state index < -0.39 is 5.92 Å². The Hall–Kier alpha value is -4.23. The van der Waals surface area contributed by atoms with Gasteiger partial charge in [0.15, 0.2) is 34.6 Å². The molecule has 0 fully saturated rings. The Balaban J connectivity index is 1.31. The molecule has 1 aliphatic heterocycles. The van der Waals surface area contributed by atoms with Crippen molar-refractivity contribution in [1.82, 2.24) is 0 Å². The van der Waals surface area contributed by atoms with Crippen molar-refractivity contribution in [2.24, 2.45) is 10.8 Å². The molecule has 252 valence electrons. The van der Waals surface area contributed by atoms with Crippen molar-refractivity contribution in [3.63, 3.8) is 0 Å². The largest absolute Gasteiger partial charge is 0.493 e. The normalized spacial score (nSPS) is 18.6. The first-order chi connectivity index (χ1) is 22.9. The molecular formula is C40H43ClO7. The lowest BCUT2D eigenvalue weighted by Gasteiger charge is -2.42. The van der Waals surface area contributed by atoms with Gasteiger partial charge in [-0.3, -0.25) is 9.59 Å². The molecule has 0 unspecified atom stereocenters. The maximum absolute atomic E-state index is 13.8. The molecule has 2 aliphatic carbocycles. The smallest absolute Gasteiger partial charge is 0.180 e. The molecule has 6 rings (SSSR count). The zero-order chi connectivity index (χ0) is 34.2. The molecule has 7 nitrogen and oxygen atoms in total. The Kier molecular flexibility index (Phi) is 9.36. The molecule has 0 N–H and O–H groups in total. The highest BCUT2D eigenvalue weighted by Gasteiger charge is 2.48. The molecule has 0 radical (unpaired) electrons. The first kappa shape index (κ1) is 33.7. The minimum absolute atomic E-state index is 0.00464. The van der Waals surface area contributed by atoms with Crippen molar-refractivity contribution in [2.75, 3.05) is 13.7 Å². The van der Waals surface area contributed by atoms with Crippen LogP contribution in [-0.2, 0) is 27.5 Å². The monoisotopic (exact) mass is 670 g/mol. The van der Waals surface area contributed by atoms with Gasteiger partial charge in [-0.05, 0) is 58.7 Å². The van der Waals surface area contributed by atoms with Crippen LogP contribution in [0.4, 0.5) is 0 Å². The number of methoxy groups -OCH3 is 1. The van der Waals surface area contributed by atoms with Crippen molar-refractivity contribution in [3.8, 4) is 23.0 Å². The van der Waals surface area contributed by atoms with Crippen LogP contribution in [0.2, 0.25) is 5.02 Å². The van der Waals surface area contributed by atoms with Crippen molar-refractivity contribution >= 4 is 23.2 Å². The SMILES string of the molecule is CCOc1cc(C2C3=C(CC(C)(C)CC3=O)OC3=C2C(=O)CC(C)(C)C3)cc(Cl)c1OCc1ccc(OCc2ccccc2)c(OC)c1. The third-order valence-electron chi connectivity index (χ3n) is 9.10. The number of rotatable bonds is 10. The fourth-order valence-corrected chi connectivity index (χ4v) is 7.25. The van der Waals surface area contributed by atoms with Crippen LogP contribution in [0.5, 0.6) is 23.0 Å².